The van der Waals surface area contributed by atoms with E-state index in [1.54, 1.807) is 25.1 Å². The third-order valence-corrected chi connectivity index (χ3v) is 3.68. The van der Waals surface area contributed by atoms with Crippen LogP contribution in [0.1, 0.15) is 24.2 Å². The second kappa shape index (κ2) is 8.69. The van der Waals surface area contributed by atoms with Crippen molar-refractivity contribution in [3.63, 3.8) is 0 Å². The number of pyridine rings is 1. The SMILES string of the molecule is CCOc1ncccc1C(=O)O[C@@H](C)C(=O)Nc1cc(Cl)ccc1Cl. The van der Waals surface area contributed by atoms with Crippen molar-refractivity contribution in [2.45, 2.75) is 20.0 Å². The highest BCUT2D eigenvalue weighted by molar-refractivity contribution is 6.35. The second-order valence-corrected chi connectivity index (χ2v) is 5.79. The summed E-state index contributed by atoms with van der Waals surface area (Å²) in [5, 5.41) is 3.31. The number of nitrogens with zero attached hydrogens (tertiary/aromatic N) is 1. The number of halogens is 2. The molecule has 0 radical (unpaired) electrons. The zero-order valence-corrected chi connectivity index (χ0v) is 15.1. The summed E-state index contributed by atoms with van der Waals surface area (Å²) in [4.78, 5) is 28.5. The Hall–Kier alpha value is -2.31. The number of hydrogen-bond donors (Lipinski definition) is 1. The molecule has 132 valence electrons. The molecule has 6 nitrogen and oxygen atoms in total. The number of nitrogens with one attached hydrogen (secondary N) is 1. The topological polar surface area (TPSA) is 77.5 Å². The van der Waals surface area contributed by atoms with E-state index >= 15 is 0 Å². The van der Waals surface area contributed by atoms with Crippen LogP contribution in [0.5, 0.6) is 5.88 Å². The Morgan fingerprint density at radius 1 is 1.28 bits per heavy atom. The van der Waals surface area contributed by atoms with Crippen molar-refractivity contribution >= 4 is 40.8 Å². The summed E-state index contributed by atoms with van der Waals surface area (Å²) in [6.45, 7) is 3.57. The number of carbonyl (C=O) groups is 2. The predicted molar refractivity (Wildman–Crippen MR) is 95.4 cm³/mol. The summed E-state index contributed by atoms with van der Waals surface area (Å²) >= 11 is 11.9. The molecule has 0 aliphatic carbocycles. The van der Waals surface area contributed by atoms with Crippen molar-refractivity contribution in [2.24, 2.45) is 0 Å². The van der Waals surface area contributed by atoms with Crippen LogP contribution in [0.15, 0.2) is 36.5 Å². The first-order valence-corrected chi connectivity index (χ1v) is 8.22. The van der Waals surface area contributed by atoms with Crippen LogP contribution in [0.25, 0.3) is 0 Å². The zero-order valence-electron chi connectivity index (χ0n) is 13.6. The lowest BCUT2D eigenvalue weighted by Crippen LogP contribution is -2.30. The lowest BCUT2D eigenvalue weighted by molar-refractivity contribution is -0.123. The van der Waals surface area contributed by atoms with Gasteiger partial charge in [-0.25, -0.2) is 9.78 Å². The first-order chi connectivity index (χ1) is 11.9. The second-order valence-electron chi connectivity index (χ2n) is 4.95. The summed E-state index contributed by atoms with van der Waals surface area (Å²) in [6, 6.07) is 7.75. The first-order valence-electron chi connectivity index (χ1n) is 7.47. The van der Waals surface area contributed by atoms with E-state index in [9.17, 15) is 9.59 Å². The third-order valence-electron chi connectivity index (χ3n) is 3.11. The van der Waals surface area contributed by atoms with Gasteiger partial charge in [-0.2, -0.15) is 0 Å². The van der Waals surface area contributed by atoms with Gasteiger partial charge in [-0.15, -0.1) is 0 Å². The normalized spacial score (nSPS) is 11.5. The average Bonchev–Trinajstić information content (AvgIpc) is 2.58. The predicted octanol–water partition coefficient (Wildman–Crippen LogP) is 3.97. The van der Waals surface area contributed by atoms with Gasteiger partial charge >= 0.3 is 5.97 Å². The monoisotopic (exact) mass is 382 g/mol. The molecule has 1 amide bonds. The van der Waals surface area contributed by atoms with Crippen molar-refractivity contribution in [3.05, 3.63) is 52.1 Å². The largest absolute Gasteiger partial charge is 0.477 e. The van der Waals surface area contributed by atoms with E-state index in [1.165, 1.54) is 25.3 Å². The van der Waals surface area contributed by atoms with Crippen LogP contribution in [0.4, 0.5) is 5.69 Å². The number of amides is 1. The third kappa shape index (κ3) is 5.08. The van der Waals surface area contributed by atoms with Crippen molar-refractivity contribution in [1.29, 1.82) is 0 Å². The van der Waals surface area contributed by atoms with Gasteiger partial charge in [-0.05, 0) is 44.2 Å². The van der Waals surface area contributed by atoms with Crippen molar-refractivity contribution in [3.8, 4) is 5.88 Å². The summed E-state index contributed by atoms with van der Waals surface area (Å²) in [5.74, 6) is -1.10. The molecular weight excluding hydrogens is 367 g/mol. The minimum Gasteiger partial charge on any atom is -0.477 e. The molecule has 2 rings (SSSR count). The van der Waals surface area contributed by atoms with E-state index < -0.39 is 18.0 Å². The quantitative estimate of drug-likeness (QED) is 0.764. The molecule has 1 atom stereocenters. The Labute approximate surface area is 155 Å². The lowest BCUT2D eigenvalue weighted by Gasteiger charge is -2.15. The number of aromatic nitrogens is 1. The Morgan fingerprint density at radius 2 is 2.04 bits per heavy atom. The molecule has 0 aliphatic rings. The van der Waals surface area contributed by atoms with E-state index in [0.717, 1.165) is 0 Å². The maximum atomic E-state index is 12.3. The fraction of sp³-hybridized carbons (Fsp3) is 0.235. The molecule has 0 aliphatic heterocycles. The van der Waals surface area contributed by atoms with E-state index in [2.05, 4.69) is 10.3 Å². The van der Waals surface area contributed by atoms with Gasteiger partial charge in [0.2, 0.25) is 5.88 Å². The van der Waals surface area contributed by atoms with E-state index in [-0.39, 0.29) is 11.4 Å². The smallest absolute Gasteiger partial charge is 0.344 e. The van der Waals surface area contributed by atoms with Crippen molar-refractivity contribution < 1.29 is 19.1 Å². The molecule has 8 heteroatoms. The van der Waals surface area contributed by atoms with E-state index in [0.29, 0.717) is 22.3 Å². The van der Waals surface area contributed by atoms with Crippen LogP contribution in [0, 0.1) is 0 Å². The molecule has 1 N–H and O–H groups in total. The van der Waals surface area contributed by atoms with Crippen molar-refractivity contribution in [2.75, 3.05) is 11.9 Å². The molecule has 0 bridgehead atoms. The molecule has 0 fully saturated rings. The number of esters is 1. The summed E-state index contributed by atoms with van der Waals surface area (Å²) < 4.78 is 10.5. The number of hydrogen-bond acceptors (Lipinski definition) is 5. The Balaban J connectivity index is 2.06. The number of anilines is 1. The fourth-order valence-corrected chi connectivity index (χ4v) is 2.24. The summed E-state index contributed by atoms with van der Waals surface area (Å²) in [6.07, 6.45) is 0.441. The summed E-state index contributed by atoms with van der Waals surface area (Å²) in [5.41, 5.74) is 0.475. The summed E-state index contributed by atoms with van der Waals surface area (Å²) in [7, 11) is 0. The number of carbonyl (C=O) groups excluding carboxylic acids is 2. The highest BCUT2D eigenvalue weighted by Crippen LogP contribution is 2.25. The molecule has 1 heterocycles. The van der Waals surface area contributed by atoms with E-state index in [4.69, 9.17) is 32.7 Å². The molecule has 0 spiro atoms. The van der Waals surface area contributed by atoms with Crippen LogP contribution in [-0.2, 0) is 9.53 Å². The van der Waals surface area contributed by atoms with Crippen molar-refractivity contribution in [1.82, 2.24) is 4.98 Å². The molecule has 1 aromatic carbocycles. The highest BCUT2D eigenvalue weighted by Gasteiger charge is 2.22. The molecule has 25 heavy (non-hydrogen) atoms. The van der Waals surface area contributed by atoms with Gasteiger partial charge in [0.25, 0.3) is 5.91 Å². The number of ether oxygens (including phenoxy) is 2. The van der Waals surface area contributed by atoms with Gasteiger partial charge in [0.05, 0.1) is 17.3 Å². The van der Waals surface area contributed by atoms with Crippen LogP contribution < -0.4 is 10.1 Å². The van der Waals surface area contributed by atoms with Crippen LogP contribution in [-0.4, -0.2) is 29.6 Å². The Bertz CT molecular complexity index is 783. The maximum Gasteiger partial charge on any atom is 0.344 e. The fourth-order valence-electron chi connectivity index (χ4n) is 1.90. The number of benzene rings is 1. The Kier molecular flexibility index (Phi) is 6.61. The van der Waals surface area contributed by atoms with Gasteiger partial charge in [0, 0.05) is 11.2 Å². The van der Waals surface area contributed by atoms with Gasteiger partial charge in [0.1, 0.15) is 5.56 Å². The highest BCUT2D eigenvalue weighted by atomic mass is 35.5. The molecule has 2 aromatic rings. The standard InChI is InChI=1S/C17H16Cl2N2O4/c1-3-24-16-12(5-4-8-20-16)17(23)25-10(2)15(22)21-14-9-11(18)6-7-13(14)19/h4-10H,3H2,1-2H3,(H,21,22)/t10-/m0/s1. The van der Waals surface area contributed by atoms with Gasteiger partial charge in [0.15, 0.2) is 6.10 Å². The Morgan fingerprint density at radius 3 is 2.76 bits per heavy atom. The molecule has 0 unspecified atom stereocenters. The maximum absolute atomic E-state index is 12.3. The lowest BCUT2D eigenvalue weighted by atomic mass is 10.2. The molecular formula is C17H16Cl2N2O4. The van der Waals surface area contributed by atoms with Crippen LogP contribution in [0.2, 0.25) is 10.0 Å². The molecule has 0 saturated heterocycles. The minimum absolute atomic E-state index is 0.143. The average molecular weight is 383 g/mol. The van der Waals surface area contributed by atoms with Gasteiger partial charge < -0.3 is 14.8 Å². The van der Waals surface area contributed by atoms with Gasteiger partial charge in [-0.3, -0.25) is 4.79 Å². The first kappa shape index (κ1) is 19.0. The van der Waals surface area contributed by atoms with Crippen LogP contribution >= 0.6 is 23.2 Å². The molecule has 0 saturated carbocycles. The zero-order chi connectivity index (χ0) is 18.4. The van der Waals surface area contributed by atoms with E-state index in [1.807, 2.05) is 0 Å². The van der Waals surface area contributed by atoms with Gasteiger partial charge in [-0.1, -0.05) is 23.2 Å². The minimum atomic E-state index is -1.06. The number of rotatable bonds is 6. The van der Waals surface area contributed by atoms with Crippen LogP contribution in [0.3, 0.4) is 0 Å². The molecule has 1 aromatic heterocycles.